The van der Waals surface area contributed by atoms with Gasteiger partial charge in [-0.1, -0.05) is 22.4 Å². The molecule has 0 saturated heterocycles. The highest BCUT2D eigenvalue weighted by molar-refractivity contribution is 6.21. The molecule has 3 rings (SSSR count). The molecule has 0 fully saturated rings. The maximum absolute atomic E-state index is 12.4. The van der Waals surface area contributed by atoms with Crippen molar-refractivity contribution < 1.29 is 32.5 Å². The molecule has 0 aliphatic carbocycles. The third-order valence-electron chi connectivity index (χ3n) is 2.88. The van der Waals surface area contributed by atoms with E-state index in [0.717, 1.165) is 0 Å². The second-order valence-electron chi connectivity index (χ2n) is 4.25. The minimum atomic E-state index is -2.93. The van der Waals surface area contributed by atoms with Crippen LogP contribution in [0.4, 0.5) is 8.78 Å². The SMILES string of the molecule is O=C(ON1C(=O)c2ccccc2C1=O)c1cc(C(F)F)no1. The van der Waals surface area contributed by atoms with Gasteiger partial charge in [0.15, 0.2) is 5.69 Å². The van der Waals surface area contributed by atoms with Gasteiger partial charge in [-0.2, -0.15) is 0 Å². The minimum Gasteiger partial charge on any atom is -0.349 e. The molecule has 7 nitrogen and oxygen atoms in total. The number of rotatable bonds is 3. The van der Waals surface area contributed by atoms with Gasteiger partial charge < -0.3 is 9.36 Å². The fourth-order valence-electron chi connectivity index (χ4n) is 1.87. The number of carbonyl (C=O) groups is 3. The molecule has 0 unspecified atom stereocenters. The van der Waals surface area contributed by atoms with Crippen LogP contribution in [0.3, 0.4) is 0 Å². The van der Waals surface area contributed by atoms with Gasteiger partial charge in [0.2, 0.25) is 5.76 Å². The Balaban J connectivity index is 1.80. The third kappa shape index (κ3) is 2.12. The normalized spacial score (nSPS) is 13.7. The number of carbonyl (C=O) groups excluding carboxylic acids is 3. The third-order valence-corrected chi connectivity index (χ3v) is 2.88. The summed E-state index contributed by atoms with van der Waals surface area (Å²) in [5.41, 5.74) is -0.605. The van der Waals surface area contributed by atoms with Crippen molar-refractivity contribution in [3.8, 4) is 0 Å². The molecule has 0 radical (unpaired) electrons. The Hall–Kier alpha value is -3.10. The molecular formula is C13H6F2N2O5. The summed E-state index contributed by atoms with van der Waals surface area (Å²) in [5, 5.41) is 3.22. The van der Waals surface area contributed by atoms with Crippen LogP contribution in [-0.4, -0.2) is 28.0 Å². The largest absolute Gasteiger partial charge is 0.401 e. The molecule has 1 aromatic carbocycles. The fraction of sp³-hybridized carbons (Fsp3) is 0.0769. The first-order chi connectivity index (χ1) is 10.5. The van der Waals surface area contributed by atoms with Crippen LogP contribution < -0.4 is 0 Å². The lowest BCUT2D eigenvalue weighted by Crippen LogP contribution is -2.32. The molecule has 9 heteroatoms. The van der Waals surface area contributed by atoms with Gasteiger partial charge in [-0.25, -0.2) is 13.6 Å². The number of imide groups is 1. The second-order valence-corrected chi connectivity index (χ2v) is 4.25. The van der Waals surface area contributed by atoms with Crippen LogP contribution in [0.1, 0.15) is 43.4 Å². The lowest BCUT2D eigenvalue weighted by atomic mass is 10.1. The van der Waals surface area contributed by atoms with E-state index < -0.39 is 35.7 Å². The van der Waals surface area contributed by atoms with Crippen molar-refractivity contribution in [3.05, 3.63) is 52.9 Å². The number of hydrogen-bond acceptors (Lipinski definition) is 6. The monoisotopic (exact) mass is 308 g/mol. The first-order valence-electron chi connectivity index (χ1n) is 5.94. The quantitative estimate of drug-likeness (QED) is 0.805. The van der Waals surface area contributed by atoms with E-state index in [-0.39, 0.29) is 16.2 Å². The first-order valence-corrected chi connectivity index (χ1v) is 5.94. The van der Waals surface area contributed by atoms with Gasteiger partial charge in [0.25, 0.3) is 18.2 Å². The summed E-state index contributed by atoms with van der Waals surface area (Å²) in [4.78, 5) is 40.2. The van der Waals surface area contributed by atoms with Crippen molar-refractivity contribution in [2.45, 2.75) is 6.43 Å². The Morgan fingerprint density at radius 2 is 1.77 bits per heavy atom. The Labute approximate surface area is 121 Å². The smallest absolute Gasteiger partial charge is 0.349 e. The number of hydroxylamine groups is 2. The summed E-state index contributed by atoms with van der Waals surface area (Å²) in [6, 6.07) is 6.55. The van der Waals surface area contributed by atoms with E-state index in [1.807, 2.05) is 0 Å². The van der Waals surface area contributed by atoms with Crippen molar-refractivity contribution in [1.82, 2.24) is 10.2 Å². The van der Waals surface area contributed by atoms with Crippen LogP contribution in [0.2, 0.25) is 0 Å². The van der Waals surface area contributed by atoms with E-state index in [9.17, 15) is 23.2 Å². The van der Waals surface area contributed by atoms with Crippen molar-refractivity contribution >= 4 is 17.8 Å². The molecule has 0 saturated carbocycles. The van der Waals surface area contributed by atoms with Crippen LogP contribution in [0.15, 0.2) is 34.9 Å². The zero-order valence-corrected chi connectivity index (χ0v) is 10.7. The molecule has 0 N–H and O–H groups in total. The number of amides is 2. The molecular weight excluding hydrogens is 302 g/mol. The number of nitrogens with zero attached hydrogens (tertiary/aromatic N) is 2. The number of aromatic nitrogens is 1. The lowest BCUT2D eigenvalue weighted by Gasteiger charge is -2.10. The first kappa shape index (κ1) is 13.9. The summed E-state index contributed by atoms with van der Waals surface area (Å²) in [6.45, 7) is 0. The molecule has 0 spiro atoms. The molecule has 0 bridgehead atoms. The van der Waals surface area contributed by atoms with Crippen LogP contribution in [-0.2, 0) is 4.84 Å². The fourth-order valence-corrected chi connectivity index (χ4v) is 1.87. The van der Waals surface area contributed by atoms with Gasteiger partial charge in [-0.05, 0) is 12.1 Å². The summed E-state index contributed by atoms with van der Waals surface area (Å²) >= 11 is 0. The topological polar surface area (TPSA) is 89.7 Å². The average Bonchev–Trinajstić information content (AvgIpc) is 3.08. The minimum absolute atomic E-state index is 0.0751. The van der Waals surface area contributed by atoms with E-state index in [4.69, 9.17) is 0 Å². The number of halogens is 2. The van der Waals surface area contributed by atoms with Gasteiger partial charge >= 0.3 is 5.97 Å². The van der Waals surface area contributed by atoms with Gasteiger partial charge in [0.05, 0.1) is 11.1 Å². The Bertz CT molecular complexity index is 751. The summed E-state index contributed by atoms with van der Waals surface area (Å²) in [7, 11) is 0. The molecule has 1 aliphatic heterocycles. The number of hydrogen-bond donors (Lipinski definition) is 0. The predicted octanol–water partition coefficient (Wildman–Crippen LogP) is 1.98. The van der Waals surface area contributed by atoms with Crippen molar-refractivity contribution in [3.63, 3.8) is 0 Å². The zero-order valence-electron chi connectivity index (χ0n) is 10.7. The molecule has 1 aromatic heterocycles. The maximum Gasteiger partial charge on any atom is 0.401 e. The Morgan fingerprint density at radius 1 is 1.18 bits per heavy atom. The molecule has 2 amide bonds. The Morgan fingerprint density at radius 3 is 2.27 bits per heavy atom. The van der Waals surface area contributed by atoms with E-state index in [1.165, 1.54) is 12.1 Å². The summed E-state index contributed by atoms with van der Waals surface area (Å²) in [6.07, 6.45) is -2.93. The molecule has 2 heterocycles. The van der Waals surface area contributed by atoms with Crippen molar-refractivity contribution in [1.29, 1.82) is 0 Å². The number of fused-ring (bicyclic) bond motifs is 1. The van der Waals surface area contributed by atoms with E-state index in [1.54, 1.807) is 12.1 Å². The average molecular weight is 308 g/mol. The van der Waals surface area contributed by atoms with E-state index >= 15 is 0 Å². The zero-order chi connectivity index (χ0) is 15.9. The lowest BCUT2D eigenvalue weighted by molar-refractivity contribution is -0.0607. The van der Waals surface area contributed by atoms with Crippen LogP contribution in [0.5, 0.6) is 0 Å². The van der Waals surface area contributed by atoms with E-state index in [2.05, 4.69) is 14.5 Å². The molecule has 0 atom stereocenters. The van der Waals surface area contributed by atoms with Crippen LogP contribution in [0, 0.1) is 0 Å². The van der Waals surface area contributed by atoms with Gasteiger partial charge in [0, 0.05) is 6.07 Å². The number of alkyl halides is 2. The summed E-state index contributed by atoms with van der Waals surface area (Å²) < 4.78 is 29.1. The van der Waals surface area contributed by atoms with Gasteiger partial charge in [0.1, 0.15) is 0 Å². The second kappa shape index (κ2) is 5.02. The predicted molar refractivity (Wildman–Crippen MR) is 63.8 cm³/mol. The van der Waals surface area contributed by atoms with Crippen LogP contribution >= 0.6 is 0 Å². The number of benzene rings is 1. The van der Waals surface area contributed by atoms with Gasteiger partial charge in [-0.15, -0.1) is 0 Å². The summed E-state index contributed by atoms with van der Waals surface area (Å²) in [5.74, 6) is -3.59. The highest BCUT2D eigenvalue weighted by Crippen LogP contribution is 2.24. The standard InChI is InChI=1S/C13H6F2N2O5/c14-10(15)8-5-9(21-16-8)13(20)22-17-11(18)6-3-1-2-4-7(6)12(17)19/h1-5,10H. The van der Waals surface area contributed by atoms with Crippen molar-refractivity contribution in [2.24, 2.45) is 0 Å². The molecule has 22 heavy (non-hydrogen) atoms. The highest BCUT2D eigenvalue weighted by atomic mass is 19.3. The van der Waals surface area contributed by atoms with Crippen molar-refractivity contribution in [2.75, 3.05) is 0 Å². The van der Waals surface area contributed by atoms with Gasteiger partial charge in [-0.3, -0.25) is 9.59 Å². The molecule has 1 aliphatic rings. The van der Waals surface area contributed by atoms with Crippen LogP contribution in [0.25, 0.3) is 0 Å². The maximum atomic E-state index is 12.4. The Kier molecular flexibility index (Phi) is 3.17. The molecule has 2 aromatic rings. The van der Waals surface area contributed by atoms with E-state index in [0.29, 0.717) is 6.07 Å². The highest BCUT2D eigenvalue weighted by Gasteiger charge is 2.39. The molecule has 112 valence electrons.